The molecule has 0 aliphatic carbocycles. The standard InChI is InChI=1S/C18H20N2O4S/c1-24-16-9-7-15(8-10-16)20(25(2,22)23)13-18(21)19-12-11-14-5-3-4-6-17(14)19/h3-10H,11-13H2,1-2H3. The van der Waals surface area contributed by atoms with Gasteiger partial charge in [-0.05, 0) is 42.3 Å². The highest BCUT2D eigenvalue weighted by Gasteiger charge is 2.28. The summed E-state index contributed by atoms with van der Waals surface area (Å²) in [5.74, 6) is 0.378. The molecule has 0 unspecified atom stereocenters. The van der Waals surface area contributed by atoms with E-state index in [1.165, 1.54) is 7.11 Å². The van der Waals surface area contributed by atoms with E-state index in [0.29, 0.717) is 18.0 Å². The summed E-state index contributed by atoms with van der Waals surface area (Å²) in [5, 5.41) is 0. The number of carbonyl (C=O) groups excluding carboxylic acids is 1. The lowest BCUT2D eigenvalue weighted by Gasteiger charge is -2.25. The van der Waals surface area contributed by atoms with E-state index in [2.05, 4.69) is 0 Å². The summed E-state index contributed by atoms with van der Waals surface area (Å²) in [4.78, 5) is 14.4. The lowest BCUT2D eigenvalue weighted by molar-refractivity contribution is -0.117. The van der Waals surface area contributed by atoms with Crippen LogP contribution in [0.25, 0.3) is 0 Å². The summed E-state index contributed by atoms with van der Waals surface area (Å²) >= 11 is 0. The van der Waals surface area contributed by atoms with Gasteiger partial charge in [-0.25, -0.2) is 8.42 Å². The Hall–Kier alpha value is -2.54. The van der Waals surface area contributed by atoms with Crippen LogP contribution < -0.4 is 13.9 Å². The minimum Gasteiger partial charge on any atom is -0.497 e. The van der Waals surface area contributed by atoms with E-state index >= 15 is 0 Å². The minimum atomic E-state index is -3.59. The van der Waals surface area contributed by atoms with E-state index < -0.39 is 10.0 Å². The molecule has 1 aliphatic heterocycles. The Labute approximate surface area is 147 Å². The first-order chi connectivity index (χ1) is 11.9. The van der Waals surface area contributed by atoms with Crippen molar-refractivity contribution in [2.45, 2.75) is 6.42 Å². The summed E-state index contributed by atoms with van der Waals surface area (Å²) in [7, 11) is -2.06. The van der Waals surface area contributed by atoms with Crippen LogP contribution in [0.2, 0.25) is 0 Å². The average Bonchev–Trinajstić information content (AvgIpc) is 3.03. The van der Waals surface area contributed by atoms with Gasteiger partial charge in [-0.1, -0.05) is 18.2 Å². The molecule has 0 saturated carbocycles. The molecule has 0 bridgehead atoms. The van der Waals surface area contributed by atoms with Gasteiger partial charge >= 0.3 is 0 Å². The van der Waals surface area contributed by atoms with Crippen molar-refractivity contribution in [3.8, 4) is 5.75 Å². The van der Waals surface area contributed by atoms with Crippen molar-refractivity contribution in [2.75, 3.05) is 35.7 Å². The topological polar surface area (TPSA) is 66.9 Å². The molecule has 0 spiro atoms. The van der Waals surface area contributed by atoms with E-state index in [4.69, 9.17) is 4.74 Å². The third-order valence-corrected chi connectivity index (χ3v) is 5.37. The zero-order valence-corrected chi connectivity index (χ0v) is 15.0. The zero-order chi connectivity index (χ0) is 18.0. The highest BCUT2D eigenvalue weighted by Crippen LogP contribution is 2.28. The number of fused-ring (bicyclic) bond motifs is 1. The van der Waals surface area contributed by atoms with Crippen molar-refractivity contribution < 1.29 is 17.9 Å². The number of anilines is 2. The van der Waals surface area contributed by atoms with Gasteiger partial charge in [0.1, 0.15) is 12.3 Å². The Balaban J connectivity index is 1.85. The first kappa shape index (κ1) is 17.3. The fourth-order valence-corrected chi connectivity index (χ4v) is 3.80. The Bertz CT molecular complexity index is 878. The monoisotopic (exact) mass is 360 g/mol. The minimum absolute atomic E-state index is 0.237. The van der Waals surface area contributed by atoms with Gasteiger partial charge in [0.2, 0.25) is 15.9 Å². The molecule has 1 aliphatic rings. The van der Waals surface area contributed by atoms with Gasteiger partial charge in [0.25, 0.3) is 0 Å². The predicted molar refractivity (Wildman–Crippen MR) is 97.7 cm³/mol. The molecule has 25 heavy (non-hydrogen) atoms. The molecule has 1 heterocycles. The third kappa shape index (κ3) is 3.61. The van der Waals surface area contributed by atoms with Gasteiger partial charge in [0.15, 0.2) is 0 Å². The molecule has 0 fully saturated rings. The zero-order valence-electron chi connectivity index (χ0n) is 14.2. The van der Waals surface area contributed by atoms with Gasteiger partial charge in [-0.15, -0.1) is 0 Å². The summed E-state index contributed by atoms with van der Waals surface area (Å²) < 4.78 is 30.6. The number of sulfonamides is 1. The maximum absolute atomic E-state index is 12.8. The van der Waals surface area contributed by atoms with Crippen molar-refractivity contribution >= 4 is 27.3 Å². The quantitative estimate of drug-likeness (QED) is 0.818. The first-order valence-electron chi connectivity index (χ1n) is 7.90. The van der Waals surface area contributed by atoms with Gasteiger partial charge in [-0.2, -0.15) is 0 Å². The number of hydrogen-bond donors (Lipinski definition) is 0. The van der Waals surface area contributed by atoms with Gasteiger partial charge in [-0.3, -0.25) is 9.10 Å². The second-order valence-electron chi connectivity index (χ2n) is 5.89. The normalized spacial score (nSPS) is 13.4. The molecule has 0 N–H and O–H groups in total. The molecule has 6 nitrogen and oxygen atoms in total. The van der Waals surface area contributed by atoms with Crippen LogP contribution in [0.15, 0.2) is 48.5 Å². The maximum Gasteiger partial charge on any atom is 0.247 e. The van der Waals surface area contributed by atoms with Crippen molar-refractivity contribution in [2.24, 2.45) is 0 Å². The van der Waals surface area contributed by atoms with Crippen LogP contribution in [0.5, 0.6) is 5.75 Å². The predicted octanol–water partition coefficient (Wildman–Crippen LogP) is 2.05. The highest BCUT2D eigenvalue weighted by molar-refractivity contribution is 7.92. The van der Waals surface area contributed by atoms with Crippen LogP contribution in [0, 0.1) is 0 Å². The van der Waals surface area contributed by atoms with Crippen LogP contribution in [-0.4, -0.2) is 40.8 Å². The van der Waals surface area contributed by atoms with E-state index in [0.717, 1.165) is 28.2 Å². The number of rotatable bonds is 5. The van der Waals surface area contributed by atoms with Crippen LogP contribution in [0.4, 0.5) is 11.4 Å². The number of amides is 1. The van der Waals surface area contributed by atoms with E-state index in [-0.39, 0.29) is 12.5 Å². The lowest BCUT2D eigenvalue weighted by atomic mass is 10.2. The number of nitrogens with zero attached hydrogens (tertiary/aromatic N) is 2. The molecule has 0 radical (unpaired) electrons. The van der Waals surface area contributed by atoms with Crippen LogP contribution >= 0.6 is 0 Å². The summed E-state index contributed by atoms with van der Waals surface area (Å²) in [6.07, 6.45) is 1.88. The summed E-state index contributed by atoms with van der Waals surface area (Å²) in [6.45, 7) is 0.331. The number of para-hydroxylation sites is 1. The fourth-order valence-electron chi connectivity index (χ4n) is 2.95. The number of ether oxygens (including phenoxy) is 1. The first-order valence-corrected chi connectivity index (χ1v) is 9.75. The lowest BCUT2D eigenvalue weighted by Crippen LogP contribution is -2.42. The molecule has 3 rings (SSSR count). The van der Waals surface area contributed by atoms with Crippen molar-refractivity contribution in [3.63, 3.8) is 0 Å². The Kier molecular flexibility index (Phi) is 4.67. The number of hydrogen-bond acceptors (Lipinski definition) is 4. The number of carbonyl (C=O) groups is 1. The molecule has 7 heteroatoms. The van der Waals surface area contributed by atoms with Gasteiger partial charge in [0.05, 0.1) is 19.1 Å². The van der Waals surface area contributed by atoms with E-state index in [9.17, 15) is 13.2 Å². The van der Waals surface area contributed by atoms with Gasteiger partial charge < -0.3 is 9.64 Å². The molecule has 0 atom stereocenters. The van der Waals surface area contributed by atoms with Crippen molar-refractivity contribution in [1.29, 1.82) is 0 Å². The molecule has 2 aromatic carbocycles. The van der Waals surface area contributed by atoms with Crippen LogP contribution in [-0.2, 0) is 21.2 Å². The summed E-state index contributed by atoms with van der Waals surface area (Å²) in [6, 6.07) is 14.3. The SMILES string of the molecule is COc1ccc(N(CC(=O)N2CCc3ccccc32)S(C)(=O)=O)cc1. The number of benzene rings is 2. The Morgan fingerprint density at radius 3 is 2.48 bits per heavy atom. The highest BCUT2D eigenvalue weighted by atomic mass is 32.2. The van der Waals surface area contributed by atoms with Crippen molar-refractivity contribution in [1.82, 2.24) is 0 Å². The van der Waals surface area contributed by atoms with Crippen molar-refractivity contribution in [3.05, 3.63) is 54.1 Å². The largest absolute Gasteiger partial charge is 0.497 e. The van der Waals surface area contributed by atoms with E-state index in [1.807, 2.05) is 24.3 Å². The smallest absolute Gasteiger partial charge is 0.247 e. The second kappa shape index (κ2) is 6.76. The molecule has 0 saturated heterocycles. The Morgan fingerprint density at radius 2 is 1.84 bits per heavy atom. The Morgan fingerprint density at radius 1 is 1.16 bits per heavy atom. The second-order valence-corrected chi connectivity index (χ2v) is 7.80. The molecule has 0 aromatic heterocycles. The third-order valence-electron chi connectivity index (χ3n) is 4.23. The van der Waals surface area contributed by atoms with Crippen LogP contribution in [0.3, 0.4) is 0 Å². The molecule has 1 amide bonds. The fraction of sp³-hybridized carbons (Fsp3) is 0.278. The maximum atomic E-state index is 12.8. The van der Waals surface area contributed by atoms with Crippen LogP contribution in [0.1, 0.15) is 5.56 Å². The molecule has 2 aromatic rings. The van der Waals surface area contributed by atoms with E-state index in [1.54, 1.807) is 29.2 Å². The average molecular weight is 360 g/mol. The molecule has 132 valence electrons. The molecular weight excluding hydrogens is 340 g/mol. The molecular formula is C18H20N2O4S. The summed E-state index contributed by atoms with van der Waals surface area (Å²) in [5.41, 5.74) is 2.39. The van der Waals surface area contributed by atoms with Gasteiger partial charge in [0, 0.05) is 12.2 Å². The number of methoxy groups -OCH3 is 1.